The molecule has 0 aromatic carbocycles. The van der Waals surface area contributed by atoms with E-state index in [1.165, 1.54) is 19.3 Å². The molecule has 0 aliphatic carbocycles. The van der Waals surface area contributed by atoms with Crippen LogP contribution in [0.2, 0.25) is 0 Å². The van der Waals surface area contributed by atoms with Crippen LogP contribution in [0.4, 0.5) is 0 Å². The van der Waals surface area contributed by atoms with Gasteiger partial charge in [0.2, 0.25) is 0 Å². The molecule has 3 nitrogen and oxygen atoms in total. The molecule has 0 amide bonds. The summed E-state index contributed by atoms with van der Waals surface area (Å²) >= 11 is 0. The maximum Gasteiger partial charge on any atom is 0.0666 e. The van der Waals surface area contributed by atoms with Gasteiger partial charge in [-0.05, 0) is 31.7 Å². The second-order valence-corrected chi connectivity index (χ2v) is 5.91. The lowest BCUT2D eigenvalue weighted by Gasteiger charge is -2.30. The molecule has 2 aliphatic rings. The Morgan fingerprint density at radius 2 is 2.12 bits per heavy atom. The van der Waals surface area contributed by atoms with E-state index in [0.717, 1.165) is 38.8 Å². The maximum absolute atomic E-state index is 5.94. The standard InChI is InChI=1S/C14H27NO2/c1-11(2)8-15-9-12-5-7-17-14(12)13-4-3-6-16-10-13/h11-15H,3-10H2,1-2H3. The third kappa shape index (κ3) is 3.94. The molecule has 2 aliphatic heterocycles. The van der Waals surface area contributed by atoms with Crippen molar-refractivity contribution in [2.24, 2.45) is 17.8 Å². The van der Waals surface area contributed by atoms with Crippen molar-refractivity contribution < 1.29 is 9.47 Å². The van der Waals surface area contributed by atoms with Crippen LogP contribution >= 0.6 is 0 Å². The molecule has 0 saturated carbocycles. The molecule has 2 heterocycles. The van der Waals surface area contributed by atoms with Crippen molar-refractivity contribution in [1.29, 1.82) is 0 Å². The Morgan fingerprint density at radius 1 is 1.24 bits per heavy atom. The fraction of sp³-hybridized carbons (Fsp3) is 1.00. The SMILES string of the molecule is CC(C)CNCC1CCOC1C1CCCOC1. The molecule has 2 fully saturated rings. The summed E-state index contributed by atoms with van der Waals surface area (Å²) in [5.41, 5.74) is 0. The first-order chi connectivity index (χ1) is 8.27. The van der Waals surface area contributed by atoms with Gasteiger partial charge in [-0.25, -0.2) is 0 Å². The molecular weight excluding hydrogens is 214 g/mol. The topological polar surface area (TPSA) is 30.5 Å². The van der Waals surface area contributed by atoms with Crippen molar-refractivity contribution >= 4 is 0 Å². The molecule has 0 aromatic rings. The first kappa shape index (κ1) is 13.3. The molecule has 3 unspecified atom stereocenters. The van der Waals surface area contributed by atoms with Crippen molar-refractivity contribution in [3.05, 3.63) is 0 Å². The summed E-state index contributed by atoms with van der Waals surface area (Å²) in [7, 11) is 0. The monoisotopic (exact) mass is 241 g/mol. The predicted molar refractivity (Wildman–Crippen MR) is 69.1 cm³/mol. The van der Waals surface area contributed by atoms with Gasteiger partial charge in [-0.2, -0.15) is 0 Å². The Hall–Kier alpha value is -0.120. The van der Waals surface area contributed by atoms with E-state index in [1.807, 2.05) is 0 Å². The summed E-state index contributed by atoms with van der Waals surface area (Å²) in [6, 6.07) is 0. The van der Waals surface area contributed by atoms with Gasteiger partial charge in [0.25, 0.3) is 0 Å². The van der Waals surface area contributed by atoms with Crippen molar-refractivity contribution in [3.8, 4) is 0 Å². The van der Waals surface area contributed by atoms with Gasteiger partial charge >= 0.3 is 0 Å². The number of nitrogens with one attached hydrogen (secondary N) is 1. The minimum atomic E-state index is 0.440. The fourth-order valence-electron chi connectivity index (χ4n) is 2.98. The van der Waals surface area contributed by atoms with E-state index in [1.54, 1.807) is 0 Å². The average Bonchev–Trinajstić information content (AvgIpc) is 2.78. The van der Waals surface area contributed by atoms with E-state index in [9.17, 15) is 0 Å². The molecule has 1 N–H and O–H groups in total. The largest absolute Gasteiger partial charge is 0.381 e. The van der Waals surface area contributed by atoms with Gasteiger partial charge in [0.05, 0.1) is 12.7 Å². The van der Waals surface area contributed by atoms with Crippen LogP contribution in [0.5, 0.6) is 0 Å². The van der Waals surface area contributed by atoms with E-state index in [2.05, 4.69) is 19.2 Å². The Bertz CT molecular complexity index is 214. The highest BCUT2D eigenvalue weighted by molar-refractivity contribution is 4.85. The summed E-state index contributed by atoms with van der Waals surface area (Å²) < 4.78 is 11.5. The maximum atomic E-state index is 5.94. The highest BCUT2D eigenvalue weighted by Crippen LogP contribution is 2.31. The summed E-state index contributed by atoms with van der Waals surface area (Å²) in [5.74, 6) is 2.06. The van der Waals surface area contributed by atoms with Gasteiger partial charge in [-0.15, -0.1) is 0 Å². The zero-order valence-electron chi connectivity index (χ0n) is 11.3. The van der Waals surface area contributed by atoms with Crippen LogP contribution in [0.1, 0.15) is 33.1 Å². The van der Waals surface area contributed by atoms with Crippen molar-refractivity contribution in [3.63, 3.8) is 0 Å². The minimum Gasteiger partial charge on any atom is -0.381 e. The Balaban J connectivity index is 1.75. The fourth-order valence-corrected chi connectivity index (χ4v) is 2.98. The summed E-state index contributed by atoms with van der Waals surface area (Å²) in [5, 5.41) is 3.58. The first-order valence-corrected chi connectivity index (χ1v) is 7.17. The molecule has 2 saturated heterocycles. The number of hydrogen-bond acceptors (Lipinski definition) is 3. The van der Waals surface area contributed by atoms with Gasteiger partial charge in [0, 0.05) is 31.6 Å². The quantitative estimate of drug-likeness (QED) is 0.799. The summed E-state index contributed by atoms with van der Waals surface area (Å²) in [6.07, 6.45) is 4.14. The molecule has 2 rings (SSSR count). The molecule has 100 valence electrons. The highest BCUT2D eigenvalue weighted by Gasteiger charge is 2.35. The number of rotatable bonds is 5. The van der Waals surface area contributed by atoms with Crippen LogP contribution in [-0.4, -0.2) is 39.0 Å². The van der Waals surface area contributed by atoms with Gasteiger partial charge < -0.3 is 14.8 Å². The normalized spacial score (nSPS) is 34.4. The summed E-state index contributed by atoms with van der Waals surface area (Å²) in [4.78, 5) is 0. The van der Waals surface area contributed by atoms with Crippen molar-refractivity contribution in [1.82, 2.24) is 5.32 Å². The van der Waals surface area contributed by atoms with Gasteiger partial charge in [0.1, 0.15) is 0 Å². The van der Waals surface area contributed by atoms with E-state index >= 15 is 0 Å². The van der Waals surface area contributed by atoms with E-state index < -0.39 is 0 Å². The number of ether oxygens (including phenoxy) is 2. The average molecular weight is 241 g/mol. The van der Waals surface area contributed by atoms with Crippen LogP contribution in [0.15, 0.2) is 0 Å². The Kier molecular flexibility index (Phi) is 5.26. The molecule has 0 aromatic heterocycles. The minimum absolute atomic E-state index is 0.440. The van der Waals surface area contributed by atoms with E-state index in [4.69, 9.17) is 9.47 Å². The van der Waals surface area contributed by atoms with Gasteiger partial charge in [-0.3, -0.25) is 0 Å². The second kappa shape index (κ2) is 6.72. The third-order valence-electron chi connectivity index (χ3n) is 3.88. The van der Waals surface area contributed by atoms with Gasteiger partial charge in [-0.1, -0.05) is 13.8 Å². The zero-order chi connectivity index (χ0) is 12.1. The van der Waals surface area contributed by atoms with Gasteiger partial charge in [0.15, 0.2) is 0 Å². The third-order valence-corrected chi connectivity index (χ3v) is 3.88. The molecular formula is C14H27NO2. The van der Waals surface area contributed by atoms with Crippen molar-refractivity contribution in [2.45, 2.75) is 39.2 Å². The molecule has 3 atom stereocenters. The van der Waals surface area contributed by atoms with Crippen LogP contribution in [0.25, 0.3) is 0 Å². The molecule has 17 heavy (non-hydrogen) atoms. The van der Waals surface area contributed by atoms with Crippen LogP contribution in [-0.2, 0) is 9.47 Å². The van der Waals surface area contributed by atoms with E-state index in [0.29, 0.717) is 17.9 Å². The van der Waals surface area contributed by atoms with Crippen molar-refractivity contribution in [2.75, 3.05) is 32.9 Å². The Labute approximate surface area is 105 Å². The second-order valence-electron chi connectivity index (χ2n) is 5.91. The predicted octanol–water partition coefficient (Wildman–Crippen LogP) is 2.06. The van der Waals surface area contributed by atoms with E-state index in [-0.39, 0.29) is 0 Å². The lowest BCUT2D eigenvalue weighted by molar-refractivity contribution is -0.0336. The molecule has 3 heteroatoms. The zero-order valence-corrected chi connectivity index (χ0v) is 11.3. The molecule has 0 radical (unpaired) electrons. The summed E-state index contributed by atoms with van der Waals surface area (Å²) in [6.45, 7) is 9.53. The number of hydrogen-bond donors (Lipinski definition) is 1. The smallest absolute Gasteiger partial charge is 0.0666 e. The highest BCUT2D eigenvalue weighted by atomic mass is 16.5. The lowest BCUT2D eigenvalue weighted by atomic mass is 9.87. The lowest BCUT2D eigenvalue weighted by Crippen LogP contribution is -2.38. The van der Waals surface area contributed by atoms with Crippen LogP contribution < -0.4 is 5.32 Å². The Morgan fingerprint density at radius 3 is 2.82 bits per heavy atom. The molecule has 0 bridgehead atoms. The van der Waals surface area contributed by atoms with Crippen LogP contribution in [0.3, 0.4) is 0 Å². The molecule has 0 spiro atoms. The van der Waals surface area contributed by atoms with Crippen LogP contribution in [0, 0.1) is 17.8 Å². The first-order valence-electron chi connectivity index (χ1n) is 7.17.